The number of nitrogens with zero attached hydrogens (tertiary/aromatic N) is 5. The number of carbonyl (C=O) groups is 1. The second kappa shape index (κ2) is 15.4. The lowest BCUT2D eigenvalue weighted by Crippen LogP contribution is -2.44. The van der Waals surface area contributed by atoms with Crippen molar-refractivity contribution in [1.29, 1.82) is 0 Å². The molecule has 0 unspecified atom stereocenters. The summed E-state index contributed by atoms with van der Waals surface area (Å²) in [4.78, 5) is 29.6. The van der Waals surface area contributed by atoms with E-state index in [9.17, 15) is 4.79 Å². The second-order valence-corrected chi connectivity index (χ2v) is 10.6. The molecule has 2 aliphatic rings. The highest BCUT2D eigenvalue weighted by Crippen LogP contribution is 2.36. The standard InChI is InChI=1S/C25H31ClN6O2S.3ClH/c1-30-7-9-31(10-8-30)6-2-5-27-25-28-17-20(26)23(29-25)22-15-18-3-4-19(16-21(18)35-22)24(33)32-11-13-34-14-12-32;;;/h3-4,15-17H,2,5-14H2,1H3,(H,27,28,29);3*1H. The van der Waals surface area contributed by atoms with Gasteiger partial charge in [-0.05, 0) is 43.6 Å². The van der Waals surface area contributed by atoms with Crippen molar-refractivity contribution in [3.05, 3.63) is 41.0 Å². The number of amides is 1. The van der Waals surface area contributed by atoms with Crippen LogP contribution in [0.1, 0.15) is 16.8 Å². The van der Waals surface area contributed by atoms with Gasteiger partial charge in [0.2, 0.25) is 5.95 Å². The number of likely N-dealkylation sites (N-methyl/N-ethyl adjacent to an activating group) is 1. The minimum atomic E-state index is 0. The highest BCUT2D eigenvalue weighted by molar-refractivity contribution is 7.22. The Morgan fingerprint density at radius 3 is 2.55 bits per heavy atom. The van der Waals surface area contributed by atoms with Crippen LogP contribution in [-0.2, 0) is 4.74 Å². The Hall–Kier alpha value is -1.43. The zero-order valence-corrected chi connectivity index (χ0v) is 25.3. The third kappa shape index (κ3) is 8.05. The fourth-order valence-electron chi connectivity index (χ4n) is 4.43. The summed E-state index contributed by atoms with van der Waals surface area (Å²) in [5.41, 5.74) is 1.41. The number of morpholine rings is 1. The lowest BCUT2D eigenvalue weighted by Gasteiger charge is -2.32. The highest BCUT2D eigenvalue weighted by Gasteiger charge is 2.20. The van der Waals surface area contributed by atoms with Crippen molar-refractivity contribution in [3.63, 3.8) is 0 Å². The van der Waals surface area contributed by atoms with E-state index in [2.05, 4.69) is 33.2 Å². The van der Waals surface area contributed by atoms with E-state index in [1.165, 1.54) is 0 Å². The molecule has 8 nitrogen and oxygen atoms in total. The van der Waals surface area contributed by atoms with Crippen molar-refractivity contribution < 1.29 is 9.53 Å². The summed E-state index contributed by atoms with van der Waals surface area (Å²) < 4.78 is 6.40. The van der Waals surface area contributed by atoms with Crippen LogP contribution in [0.5, 0.6) is 0 Å². The molecule has 1 N–H and O–H groups in total. The van der Waals surface area contributed by atoms with Gasteiger partial charge in [0, 0.05) is 56.1 Å². The Morgan fingerprint density at radius 1 is 1.08 bits per heavy atom. The molecule has 0 radical (unpaired) electrons. The number of aromatic nitrogens is 2. The summed E-state index contributed by atoms with van der Waals surface area (Å²) in [6.45, 7) is 8.86. The fraction of sp³-hybridized carbons (Fsp3) is 0.480. The van der Waals surface area contributed by atoms with E-state index in [1.807, 2.05) is 23.1 Å². The first-order valence-corrected chi connectivity index (χ1v) is 13.3. The summed E-state index contributed by atoms with van der Waals surface area (Å²) in [7, 11) is 2.18. The van der Waals surface area contributed by atoms with Crippen LogP contribution in [0.2, 0.25) is 5.02 Å². The maximum atomic E-state index is 12.9. The average molecular weight is 624 g/mol. The van der Waals surface area contributed by atoms with Crippen LogP contribution < -0.4 is 5.32 Å². The molecule has 1 amide bonds. The van der Waals surface area contributed by atoms with Crippen molar-refractivity contribution in [2.45, 2.75) is 6.42 Å². The van der Waals surface area contributed by atoms with E-state index in [-0.39, 0.29) is 43.1 Å². The second-order valence-electron chi connectivity index (χ2n) is 9.08. The Bertz CT molecular complexity index is 1190. The first-order chi connectivity index (χ1) is 17.1. The number of carbonyl (C=O) groups excluding carboxylic acids is 1. The molecule has 13 heteroatoms. The Morgan fingerprint density at radius 2 is 1.82 bits per heavy atom. The Balaban J connectivity index is 0.00000169. The molecule has 2 aromatic heterocycles. The van der Waals surface area contributed by atoms with E-state index < -0.39 is 0 Å². The third-order valence-corrected chi connectivity index (χ3v) is 7.95. The molecule has 0 bridgehead atoms. The SMILES string of the molecule is CN1CCN(CCCNc2ncc(Cl)c(-c3cc4ccc(C(=O)N5CCOCC5)cc4s3)n2)CC1.Cl.Cl.Cl. The average Bonchev–Trinajstić information content (AvgIpc) is 3.32. The summed E-state index contributed by atoms with van der Waals surface area (Å²) in [5.74, 6) is 0.636. The Labute approximate surface area is 251 Å². The van der Waals surface area contributed by atoms with Crippen molar-refractivity contribution in [3.8, 4) is 10.6 Å². The number of ether oxygens (including phenoxy) is 1. The van der Waals surface area contributed by atoms with Gasteiger partial charge in [-0.25, -0.2) is 9.97 Å². The van der Waals surface area contributed by atoms with Crippen LogP contribution in [0, 0.1) is 0 Å². The highest BCUT2D eigenvalue weighted by atomic mass is 35.5. The number of fused-ring (bicyclic) bond motifs is 1. The molecule has 5 rings (SSSR count). The van der Waals surface area contributed by atoms with Crippen molar-refractivity contribution in [1.82, 2.24) is 24.7 Å². The van der Waals surface area contributed by atoms with Crippen LogP contribution in [0.3, 0.4) is 0 Å². The number of piperazine rings is 1. The van der Waals surface area contributed by atoms with E-state index >= 15 is 0 Å². The van der Waals surface area contributed by atoms with E-state index in [4.69, 9.17) is 21.3 Å². The molecule has 3 aromatic rings. The number of anilines is 1. The predicted molar refractivity (Wildman–Crippen MR) is 163 cm³/mol. The van der Waals surface area contributed by atoms with Gasteiger partial charge in [-0.2, -0.15) is 0 Å². The number of thiophene rings is 1. The largest absolute Gasteiger partial charge is 0.378 e. The molecule has 0 saturated carbocycles. The van der Waals surface area contributed by atoms with E-state index in [0.717, 1.165) is 60.7 Å². The third-order valence-electron chi connectivity index (χ3n) is 6.57. The molecule has 210 valence electrons. The number of nitrogens with one attached hydrogen (secondary N) is 1. The molecular formula is C25H34Cl4N6O2S. The van der Waals surface area contributed by atoms with Gasteiger partial charge in [-0.15, -0.1) is 48.6 Å². The van der Waals surface area contributed by atoms with Gasteiger partial charge in [-0.3, -0.25) is 4.79 Å². The lowest BCUT2D eigenvalue weighted by molar-refractivity contribution is 0.0303. The van der Waals surface area contributed by atoms with Crippen molar-refractivity contribution in [2.75, 3.05) is 77.9 Å². The van der Waals surface area contributed by atoms with Crippen LogP contribution in [0.15, 0.2) is 30.5 Å². The molecule has 2 aliphatic heterocycles. The van der Waals surface area contributed by atoms with Crippen LogP contribution in [0.25, 0.3) is 20.7 Å². The summed E-state index contributed by atoms with van der Waals surface area (Å²) in [6.07, 6.45) is 2.69. The van der Waals surface area contributed by atoms with Gasteiger partial charge in [0.15, 0.2) is 0 Å². The van der Waals surface area contributed by atoms with Gasteiger partial charge >= 0.3 is 0 Å². The Kier molecular flexibility index (Phi) is 13.3. The zero-order valence-electron chi connectivity index (χ0n) is 21.2. The number of hydrogen-bond acceptors (Lipinski definition) is 8. The predicted octanol–water partition coefficient (Wildman–Crippen LogP) is 4.80. The maximum Gasteiger partial charge on any atom is 0.254 e. The first kappa shape index (κ1) is 32.8. The molecular weight excluding hydrogens is 590 g/mol. The lowest BCUT2D eigenvalue weighted by atomic mass is 10.1. The van der Waals surface area contributed by atoms with Gasteiger partial charge < -0.3 is 24.8 Å². The van der Waals surface area contributed by atoms with Crippen LogP contribution in [0.4, 0.5) is 5.95 Å². The zero-order chi connectivity index (χ0) is 24.2. The number of benzene rings is 1. The molecule has 4 heterocycles. The first-order valence-electron chi connectivity index (χ1n) is 12.1. The molecule has 2 fully saturated rings. The molecule has 0 aliphatic carbocycles. The summed E-state index contributed by atoms with van der Waals surface area (Å²) in [6, 6.07) is 7.93. The summed E-state index contributed by atoms with van der Waals surface area (Å²) >= 11 is 8.08. The topological polar surface area (TPSA) is 73.8 Å². The van der Waals surface area contributed by atoms with Crippen molar-refractivity contribution >= 4 is 82.1 Å². The van der Waals surface area contributed by atoms with Gasteiger partial charge in [0.25, 0.3) is 5.91 Å². The quantitative estimate of drug-likeness (QED) is 0.379. The van der Waals surface area contributed by atoms with E-state index in [1.54, 1.807) is 17.5 Å². The van der Waals surface area contributed by atoms with Crippen LogP contribution in [-0.4, -0.2) is 103 Å². The minimum absolute atomic E-state index is 0. The molecule has 2 saturated heterocycles. The monoisotopic (exact) mass is 622 g/mol. The molecule has 38 heavy (non-hydrogen) atoms. The molecule has 1 aromatic carbocycles. The minimum Gasteiger partial charge on any atom is -0.378 e. The fourth-order valence-corrected chi connectivity index (χ4v) is 5.78. The smallest absolute Gasteiger partial charge is 0.254 e. The van der Waals surface area contributed by atoms with Crippen molar-refractivity contribution in [2.24, 2.45) is 0 Å². The normalized spacial score (nSPS) is 16.3. The number of halogens is 4. The van der Waals surface area contributed by atoms with Crippen LogP contribution >= 0.6 is 60.2 Å². The van der Waals surface area contributed by atoms with E-state index in [0.29, 0.717) is 48.5 Å². The van der Waals surface area contributed by atoms with Gasteiger partial charge in [-0.1, -0.05) is 17.7 Å². The summed E-state index contributed by atoms with van der Waals surface area (Å²) in [5, 5.41) is 4.94. The number of hydrogen-bond donors (Lipinski definition) is 1. The maximum absolute atomic E-state index is 12.9. The van der Waals surface area contributed by atoms with Gasteiger partial charge in [0.05, 0.1) is 29.3 Å². The molecule has 0 spiro atoms. The number of rotatable bonds is 7. The molecule has 0 atom stereocenters. The van der Waals surface area contributed by atoms with Gasteiger partial charge in [0.1, 0.15) is 5.69 Å².